The minimum Gasteiger partial charge on any atom is -0.461 e. The number of thioether (sulfide) groups is 1. The monoisotopic (exact) mass is 314 g/mol. The molecule has 0 aromatic heterocycles. The second-order valence-corrected chi connectivity index (χ2v) is 5.91. The van der Waals surface area contributed by atoms with E-state index in [9.17, 15) is 14.4 Å². The molecule has 2 aliphatic rings. The molecular weight excluding hydrogens is 296 g/mol. The molecule has 0 unspecified atom stereocenters. The molecule has 1 fully saturated rings. The molecule has 0 spiro atoms. The van der Waals surface area contributed by atoms with Gasteiger partial charge in [-0.2, -0.15) is 0 Å². The molecule has 21 heavy (non-hydrogen) atoms. The number of β-lactam (4-membered cyclic amide) rings is 1. The number of esters is 2. The highest BCUT2D eigenvalue weighted by Gasteiger charge is 2.45. The molecule has 0 bridgehead atoms. The van der Waals surface area contributed by atoms with E-state index in [-0.39, 0.29) is 30.2 Å². The Balaban J connectivity index is 2.14. The Hall–Kier alpha value is -1.54. The van der Waals surface area contributed by atoms with Crippen LogP contribution in [-0.4, -0.2) is 53.6 Å². The molecule has 2 N–H and O–H groups in total. The van der Waals surface area contributed by atoms with Crippen molar-refractivity contribution in [3.8, 4) is 0 Å². The number of fused-ring (bicyclic) bond motifs is 1. The van der Waals surface area contributed by atoms with Crippen LogP contribution in [0, 0.1) is 0 Å². The van der Waals surface area contributed by atoms with Crippen LogP contribution in [0.2, 0.25) is 0 Å². The molecule has 0 aromatic carbocycles. The molecule has 0 radical (unpaired) electrons. The maximum atomic E-state index is 12.2. The molecule has 2 heterocycles. The van der Waals surface area contributed by atoms with E-state index in [1.807, 2.05) is 0 Å². The Kier molecular flexibility index (Phi) is 5.24. The third kappa shape index (κ3) is 3.56. The van der Waals surface area contributed by atoms with Crippen LogP contribution in [0.4, 0.5) is 0 Å². The van der Waals surface area contributed by atoms with Gasteiger partial charge in [-0.3, -0.25) is 14.5 Å². The summed E-state index contributed by atoms with van der Waals surface area (Å²) in [5, 5.41) is -0.0179. The first-order valence-corrected chi connectivity index (χ1v) is 7.75. The molecule has 1 atom stereocenters. The summed E-state index contributed by atoms with van der Waals surface area (Å²) >= 11 is 1.55. The second kappa shape index (κ2) is 6.95. The molecule has 7 nitrogen and oxygen atoms in total. The summed E-state index contributed by atoms with van der Waals surface area (Å²) in [4.78, 5) is 36.3. The number of amides is 1. The van der Waals surface area contributed by atoms with Crippen LogP contribution < -0.4 is 5.73 Å². The van der Waals surface area contributed by atoms with Gasteiger partial charge >= 0.3 is 11.9 Å². The SMILES string of the molecule is CC(=O)OCC1=C(C(=O)OCCCN)N2C(=O)C[C@H]2SC1. The topological polar surface area (TPSA) is 98.9 Å². The van der Waals surface area contributed by atoms with Crippen molar-refractivity contribution < 1.29 is 23.9 Å². The summed E-state index contributed by atoms with van der Waals surface area (Å²) in [5.74, 6) is -0.550. The Morgan fingerprint density at radius 1 is 1.43 bits per heavy atom. The highest BCUT2D eigenvalue weighted by molar-refractivity contribution is 8.00. The molecule has 2 rings (SSSR count). The summed E-state index contributed by atoms with van der Waals surface area (Å²) in [5.41, 5.74) is 6.19. The van der Waals surface area contributed by atoms with Gasteiger partial charge < -0.3 is 15.2 Å². The van der Waals surface area contributed by atoms with E-state index < -0.39 is 11.9 Å². The smallest absolute Gasteiger partial charge is 0.355 e. The summed E-state index contributed by atoms with van der Waals surface area (Å²) in [6, 6.07) is 0. The molecule has 2 aliphatic heterocycles. The van der Waals surface area contributed by atoms with Crippen LogP contribution in [0.15, 0.2) is 11.3 Å². The van der Waals surface area contributed by atoms with Crippen LogP contribution in [0.3, 0.4) is 0 Å². The zero-order chi connectivity index (χ0) is 15.4. The lowest BCUT2D eigenvalue weighted by Gasteiger charge is -2.44. The van der Waals surface area contributed by atoms with Crippen LogP contribution >= 0.6 is 11.8 Å². The van der Waals surface area contributed by atoms with Gasteiger partial charge in [0, 0.05) is 18.2 Å². The molecule has 0 saturated carbocycles. The van der Waals surface area contributed by atoms with Crippen molar-refractivity contribution in [2.24, 2.45) is 5.73 Å². The standard InChI is InChI=1S/C13H18N2O5S/c1-8(16)20-6-9-7-21-11-5-10(17)15(11)12(9)13(18)19-4-2-3-14/h11H,2-7,14H2,1H3/t11-/m1/s1. The average Bonchev–Trinajstić information content (AvgIpc) is 2.44. The van der Waals surface area contributed by atoms with Crippen molar-refractivity contribution >= 4 is 29.6 Å². The van der Waals surface area contributed by atoms with Gasteiger partial charge in [-0.15, -0.1) is 11.8 Å². The van der Waals surface area contributed by atoms with Gasteiger partial charge in [-0.1, -0.05) is 0 Å². The average molecular weight is 314 g/mol. The molecule has 1 saturated heterocycles. The Bertz CT molecular complexity index is 491. The third-order valence-electron chi connectivity index (χ3n) is 3.16. The lowest BCUT2D eigenvalue weighted by molar-refractivity contribution is -0.149. The van der Waals surface area contributed by atoms with E-state index in [0.717, 1.165) is 0 Å². The zero-order valence-corrected chi connectivity index (χ0v) is 12.6. The van der Waals surface area contributed by atoms with Crippen molar-refractivity contribution in [2.75, 3.05) is 25.5 Å². The van der Waals surface area contributed by atoms with E-state index in [1.165, 1.54) is 11.8 Å². The Labute approximate surface area is 126 Å². The van der Waals surface area contributed by atoms with Crippen LogP contribution in [0.1, 0.15) is 19.8 Å². The number of nitrogens with two attached hydrogens (primary N) is 1. The predicted molar refractivity (Wildman–Crippen MR) is 76.0 cm³/mol. The summed E-state index contributed by atoms with van der Waals surface area (Å²) < 4.78 is 10.1. The van der Waals surface area contributed by atoms with E-state index in [1.54, 1.807) is 11.8 Å². The van der Waals surface area contributed by atoms with E-state index in [0.29, 0.717) is 30.7 Å². The van der Waals surface area contributed by atoms with Gasteiger partial charge in [0.25, 0.3) is 0 Å². The van der Waals surface area contributed by atoms with Crippen molar-refractivity contribution in [3.05, 3.63) is 11.3 Å². The predicted octanol–water partition coefficient (Wildman–Crippen LogP) is 0.000800. The minimum absolute atomic E-state index is 0.000154. The summed E-state index contributed by atoms with van der Waals surface area (Å²) in [6.07, 6.45) is 0.982. The fourth-order valence-electron chi connectivity index (χ4n) is 2.08. The lowest BCUT2D eigenvalue weighted by atomic mass is 10.1. The maximum absolute atomic E-state index is 12.2. The number of rotatable bonds is 6. The van der Waals surface area contributed by atoms with Crippen LogP contribution in [0.5, 0.6) is 0 Å². The van der Waals surface area contributed by atoms with Crippen molar-refractivity contribution in [2.45, 2.75) is 25.1 Å². The second-order valence-electron chi connectivity index (χ2n) is 4.74. The van der Waals surface area contributed by atoms with Gasteiger partial charge in [0.05, 0.1) is 18.4 Å². The van der Waals surface area contributed by atoms with Crippen molar-refractivity contribution in [3.63, 3.8) is 0 Å². The Morgan fingerprint density at radius 2 is 2.19 bits per heavy atom. The van der Waals surface area contributed by atoms with Gasteiger partial charge in [0.15, 0.2) is 0 Å². The fraction of sp³-hybridized carbons (Fsp3) is 0.615. The first-order chi connectivity index (χ1) is 10.0. The quantitative estimate of drug-likeness (QED) is 0.418. The minimum atomic E-state index is -0.552. The number of carbonyl (C=O) groups is 3. The number of nitrogens with zero attached hydrogens (tertiary/aromatic N) is 1. The van der Waals surface area contributed by atoms with E-state index in [2.05, 4.69) is 0 Å². The van der Waals surface area contributed by atoms with Crippen molar-refractivity contribution in [1.82, 2.24) is 4.90 Å². The largest absolute Gasteiger partial charge is 0.461 e. The third-order valence-corrected chi connectivity index (χ3v) is 4.43. The number of hydrogen-bond donors (Lipinski definition) is 1. The van der Waals surface area contributed by atoms with Gasteiger partial charge in [0.2, 0.25) is 5.91 Å². The normalized spacial score (nSPS) is 20.8. The summed E-state index contributed by atoms with van der Waals surface area (Å²) in [7, 11) is 0. The van der Waals surface area contributed by atoms with Crippen molar-refractivity contribution in [1.29, 1.82) is 0 Å². The number of carbonyl (C=O) groups excluding carboxylic acids is 3. The lowest BCUT2D eigenvalue weighted by Crippen LogP contribution is -2.54. The summed E-state index contributed by atoms with van der Waals surface area (Å²) in [6.45, 7) is 1.93. The Morgan fingerprint density at radius 3 is 2.81 bits per heavy atom. The van der Waals surface area contributed by atoms with Crippen LogP contribution in [-0.2, 0) is 23.9 Å². The molecule has 116 valence electrons. The number of hydrogen-bond acceptors (Lipinski definition) is 7. The first kappa shape index (κ1) is 15.8. The van der Waals surface area contributed by atoms with Gasteiger partial charge in [-0.05, 0) is 13.0 Å². The molecule has 0 aromatic rings. The van der Waals surface area contributed by atoms with Crippen LogP contribution in [0.25, 0.3) is 0 Å². The zero-order valence-electron chi connectivity index (χ0n) is 11.8. The molecule has 0 aliphatic carbocycles. The van der Waals surface area contributed by atoms with E-state index >= 15 is 0 Å². The van der Waals surface area contributed by atoms with Gasteiger partial charge in [-0.25, -0.2) is 4.79 Å². The first-order valence-electron chi connectivity index (χ1n) is 6.70. The number of ether oxygens (including phenoxy) is 2. The molecular formula is C13H18N2O5S. The fourth-order valence-corrected chi connectivity index (χ4v) is 3.33. The highest BCUT2D eigenvalue weighted by atomic mass is 32.2. The van der Waals surface area contributed by atoms with Gasteiger partial charge in [0.1, 0.15) is 12.3 Å². The molecule has 8 heteroatoms. The maximum Gasteiger partial charge on any atom is 0.355 e. The van der Waals surface area contributed by atoms with E-state index in [4.69, 9.17) is 15.2 Å². The molecule has 1 amide bonds. The highest BCUT2D eigenvalue weighted by Crippen LogP contribution is 2.40.